The van der Waals surface area contributed by atoms with Crippen LogP contribution in [0.3, 0.4) is 0 Å². The van der Waals surface area contributed by atoms with Gasteiger partial charge in [0, 0.05) is 0 Å². The van der Waals surface area contributed by atoms with E-state index < -0.39 is 17.5 Å². The van der Waals surface area contributed by atoms with E-state index in [4.69, 9.17) is 11.6 Å². The van der Waals surface area contributed by atoms with E-state index in [1.165, 1.54) is 25.0 Å². The number of carbonyl (C=O) groups excluding carboxylic acids is 1. The molecule has 1 amide bonds. The zero-order valence-electron chi connectivity index (χ0n) is 16.7. The van der Waals surface area contributed by atoms with E-state index in [2.05, 4.69) is 21.8 Å². The number of anilines is 1. The van der Waals surface area contributed by atoms with Gasteiger partial charge in [-0.15, -0.1) is 0 Å². The number of nitrogens with zero attached hydrogens (tertiary/aromatic N) is 2. The van der Waals surface area contributed by atoms with E-state index in [1.807, 2.05) is 12.1 Å². The average molecular weight is 493 g/mol. The summed E-state index contributed by atoms with van der Waals surface area (Å²) in [5.41, 5.74) is 1.37. The van der Waals surface area contributed by atoms with Crippen molar-refractivity contribution in [3.63, 3.8) is 0 Å². The Hall–Kier alpha value is -1.42. The summed E-state index contributed by atoms with van der Waals surface area (Å²) in [5.74, 6) is -2.61. The Morgan fingerprint density at radius 2 is 1.90 bits per heavy atom. The van der Waals surface area contributed by atoms with E-state index in [9.17, 15) is 13.6 Å². The van der Waals surface area contributed by atoms with Crippen LogP contribution < -0.4 is 4.90 Å². The van der Waals surface area contributed by atoms with Gasteiger partial charge in [-0.3, -0.25) is 0 Å². The monoisotopic (exact) mass is 492 g/mol. The molecule has 2 radical (unpaired) electrons. The molecule has 0 unspecified atom stereocenters. The van der Waals surface area contributed by atoms with Crippen LogP contribution in [0.2, 0.25) is 10.2 Å². The second-order valence-electron chi connectivity index (χ2n) is 8.21. The Labute approximate surface area is 189 Å². The standard InChI is InChI=1S/C23H24AsClF2N2O/c24-10-1-2-11-28-12-8-23(9-13-28)15-29(20-7-6-16(25)14-18(20)23)22(30)17-4-3-5-19(26)21(17)27/h3-7,14H,1-2,8-13,15H2. The molecule has 2 aromatic carbocycles. The maximum absolute atomic E-state index is 14.3. The Morgan fingerprint density at radius 3 is 2.63 bits per heavy atom. The van der Waals surface area contributed by atoms with Crippen LogP contribution in [0.25, 0.3) is 0 Å². The van der Waals surface area contributed by atoms with Crippen molar-refractivity contribution < 1.29 is 13.6 Å². The zero-order valence-corrected chi connectivity index (χ0v) is 19.3. The van der Waals surface area contributed by atoms with Crippen LogP contribution in [0.4, 0.5) is 14.5 Å². The van der Waals surface area contributed by atoms with Gasteiger partial charge < -0.3 is 0 Å². The number of rotatable bonds is 5. The molecule has 158 valence electrons. The molecule has 1 spiro atoms. The Bertz CT molecular complexity index is 947. The van der Waals surface area contributed by atoms with Crippen molar-refractivity contribution in [3.8, 4) is 0 Å². The van der Waals surface area contributed by atoms with Gasteiger partial charge in [-0.05, 0) is 12.1 Å². The first-order valence-corrected chi connectivity index (χ1v) is 12.0. The summed E-state index contributed by atoms with van der Waals surface area (Å²) in [4.78, 5) is 17.3. The molecule has 2 aromatic rings. The van der Waals surface area contributed by atoms with Crippen LogP contribution in [-0.2, 0) is 5.41 Å². The zero-order chi connectivity index (χ0) is 21.3. The summed E-state index contributed by atoms with van der Waals surface area (Å²) < 4.78 is 28.1. The SMILES string of the molecule is O=C(c1cccc(F)c1F)N1CC2(CCN(CCCC[As])CC2)c2cc(Cl)ccc21. The second-order valence-corrected chi connectivity index (χ2v) is 9.58. The molecule has 0 aliphatic carbocycles. The van der Waals surface area contributed by atoms with Crippen molar-refractivity contribution in [2.24, 2.45) is 0 Å². The quantitative estimate of drug-likeness (QED) is 0.434. The van der Waals surface area contributed by atoms with Gasteiger partial charge in [0.15, 0.2) is 11.6 Å². The van der Waals surface area contributed by atoms with Gasteiger partial charge in [-0.2, -0.15) is 0 Å². The van der Waals surface area contributed by atoms with E-state index >= 15 is 0 Å². The molecule has 4 rings (SSSR count). The average Bonchev–Trinajstić information content (AvgIpc) is 3.05. The molecule has 7 heteroatoms. The van der Waals surface area contributed by atoms with Crippen LogP contribution >= 0.6 is 11.6 Å². The normalized spacial score (nSPS) is 18.1. The van der Waals surface area contributed by atoms with Gasteiger partial charge in [-0.1, -0.05) is 6.07 Å². The van der Waals surface area contributed by atoms with Crippen LogP contribution in [0, 0.1) is 11.6 Å². The number of piperidine rings is 1. The maximum atomic E-state index is 14.3. The van der Waals surface area contributed by atoms with Crippen molar-refractivity contribution >= 4 is 40.0 Å². The van der Waals surface area contributed by atoms with Crippen LogP contribution in [0.15, 0.2) is 36.4 Å². The van der Waals surface area contributed by atoms with Gasteiger partial charge in [0.2, 0.25) is 0 Å². The molecule has 2 aliphatic rings. The second kappa shape index (κ2) is 8.98. The molecular weight excluding hydrogens is 469 g/mol. The van der Waals surface area contributed by atoms with Crippen LogP contribution in [0.5, 0.6) is 0 Å². The minimum atomic E-state index is -1.09. The fraction of sp³-hybridized carbons (Fsp3) is 0.435. The predicted octanol–water partition coefficient (Wildman–Crippen LogP) is 4.98. The molecule has 0 atom stereocenters. The Morgan fingerprint density at radius 1 is 1.13 bits per heavy atom. The molecule has 3 nitrogen and oxygen atoms in total. The number of halogens is 3. The van der Waals surface area contributed by atoms with E-state index in [1.54, 1.807) is 11.0 Å². The first kappa shape index (κ1) is 21.8. The first-order valence-electron chi connectivity index (χ1n) is 10.3. The van der Waals surface area contributed by atoms with E-state index in [0.717, 1.165) is 55.0 Å². The summed E-state index contributed by atoms with van der Waals surface area (Å²) in [6, 6.07) is 9.26. The number of carbonyl (C=O) groups is 1. The first-order chi connectivity index (χ1) is 14.4. The summed E-state index contributed by atoms with van der Waals surface area (Å²) in [7, 11) is 0. The van der Waals surface area contributed by atoms with Gasteiger partial charge in [0.1, 0.15) is 0 Å². The molecule has 2 aliphatic heterocycles. The van der Waals surface area contributed by atoms with Crippen molar-refractivity contribution in [3.05, 3.63) is 64.2 Å². The minimum absolute atomic E-state index is 0.197. The molecule has 1 saturated heterocycles. The summed E-state index contributed by atoms with van der Waals surface area (Å²) in [6.45, 7) is 3.48. The number of hydrogen-bond donors (Lipinski definition) is 0. The fourth-order valence-electron chi connectivity index (χ4n) is 4.72. The third-order valence-corrected chi connectivity index (χ3v) is 7.30. The van der Waals surface area contributed by atoms with Gasteiger partial charge in [-0.25, -0.2) is 8.78 Å². The number of benzene rings is 2. The molecule has 0 saturated carbocycles. The fourth-order valence-corrected chi connectivity index (χ4v) is 5.36. The van der Waals surface area contributed by atoms with Gasteiger partial charge in [0.25, 0.3) is 0 Å². The number of unbranched alkanes of at least 4 members (excludes halogenated alkanes) is 1. The number of fused-ring (bicyclic) bond motifs is 2. The molecular formula is C23H24AsClF2N2O. The van der Waals surface area contributed by atoms with Gasteiger partial charge >= 0.3 is 151 Å². The topological polar surface area (TPSA) is 23.6 Å². The molecule has 0 N–H and O–H groups in total. The summed E-state index contributed by atoms with van der Waals surface area (Å²) >= 11 is 8.93. The third-order valence-electron chi connectivity index (χ3n) is 6.40. The van der Waals surface area contributed by atoms with Crippen LogP contribution in [-0.4, -0.2) is 53.8 Å². The van der Waals surface area contributed by atoms with Gasteiger partial charge in [0.05, 0.1) is 0 Å². The Balaban J connectivity index is 1.61. The number of amides is 1. The van der Waals surface area contributed by atoms with Crippen molar-refractivity contribution in [1.82, 2.24) is 4.90 Å². The third kappa shape index (κ3) is 4.04. The number of likely N-dealkylation sites (tertiary alicyclic amines) is 1. The molecule has 2 heterocycles. The molecule has 30 heavy (non-hydrogen) atoms. The molecule has 0 aromatic heterocycles. The van der Waals surface area contributed by atoms with E-state index in [-0.39, 0.29) is 11.0 Å². The van der Waals surface area contributed by atoms with Crippen LogP contribution in [0.1, 0.15) is 41.6 Å². The molecule has 1 fully saturated rings. The number of hydrogen-bond acceptors (Lipinski definition) is 2. The van der Waals surface area contributed by atoms with Crippen molar-refractivity contribution in [1.29, 1.82) is 0 Å². The van der Waals surface area contributed by atoms with Crippen molar-refractivity contribution in [2.75, 3.05) is 31.1 Å². The van der Waals surface area contributed by atoms with E-state index in [0.29, 0.717) is 11.6 Å². The summed E-state index contributed by atoms with van der Waals surface area (Å²) in [6.07, 6.45) is 4.23. The Kier molecular flexibility index (Phi) is 6.52. The molecule has 0 bridgehead atoms. The predicted molar refractivity (Wildman–Crippen MR) is 117 cm³/mol. The summed E-state index contributed by atoms with van der Waals surface area (Å²) in [5, 5.41) is 1.77. The van der Waals surface area contributed by atoms with Crippen molar-refractivity contribution in [2.45, 2.75) is 36.3 Å².